The van der Waals surface area contributed by atoms with Crippen molar-refractivity contribution in [3.8, 4) is 0 Å². The van der Waals surface area contributed by atoms with Crippen molar-refractivity contribution in [2.75, 3.05) is 25.2 Å². The molecule has 4 heteroatoms. The quantitative estimate of drug-likeness (QED) is 0.826. The summed E-state index contributed by atoms with van der Waals surface area (Å²) < 4.78 is 19.4. The first kappa shape index (κ1) is 15.9. The van der Waals surface area contributed by atoms with Crippen molar-refractivity contribution in [3.63, 3.8) is 0 Å². The molecule has 0 amide bonds. The predicted molar refractivity (Wildman–Crippen MR) is 78.1 cm³/mol. The normalized spacial score (nSPS) is 14.2. The molecule has 19 heavy (non-hydrogen) atoms. The van der Waals surface area contributed by atoms with Crippen LogP contribution in [0.25, 0.3) is 0 Å². The van der Waals surface area contributed by atoms with E-state index >= 15 is 0 Å². The molecule has 0 saturated heterocycles. The number of hydrogen-bond acceptors (Lipinski definition) is 3. The van der Waals surface area contributed by atoms with Crippen molar-refractivity contribution in [1.29, 1.82) is 0 Å². The zero-order chi connectivity index (χ0) is 14.4. The maximum absolute atomic E-state index is 14.2. The minimum absolute atomic E-state index is 0.0416. The summed E-state index contributed by atoms with van der Waals surface area (Å²) in [5.74, 6) is -0.192. The summed E-state index contributed by atoms with van der Waals surface area (Å²) in [5.41, 5.74) is 7.30. The van der Waals surface area contributed by atoms with Crippen LogP contribution >= 0.6 is 0 Å². The van der Waals surface area contributed by atoms with Crippen molar-refractivity contribution in [2.24, 2.45) is 5.73 Å². The van der Waals surface area contributed by atoms with Crippen molar-refractivity contribution in [1.82, 2.24) is 0 Å². The number of methoxy groups -OCH3 is 1. The summed E-state index contributed by atoms with van der Waals surface area (Å²) in [5, 5.41) is 0. The van der Waals surface area contributed by atoms with E-state index in [9.17, 15) is 4.39 Å². The Bertz CT molecular complexity index is 396. The van der Waals surface area contributed by atoms with Gasteiger partial charge in [-0.1, -0.05) is 6.07 Å². The highest BCUT2D eigenvalue weighted by molar-refractivity contribution is 5.50. The van der Waals surface area contributed by atoms with Gasteiger partial charge in [-0.2, -0.15) is 0 Å². The van der Waals surface area contributed by atoms with E-state index in [-0.39, 0.29) is 17.9 Å². The number of rotatable bonds is 7. The van der Waals surface area contributed by atoms with E-state index in [0.29, 0.717) is 18.7 Å². The molecule has 0 spiro atoms. The SMILES string of the molecule is CCN(c1ccc(CC(C)N)cc1F)C(C)COC. The maximum atomic E-state index is 14.2. The lowest BCUT2D eigenvalue weighted by Gasteiger charge is -2.30. The molecule has 0 aromatic heterocycles. The van der Waals surface area contributed by atoms with Gasteiger partial charge in [-0.3, -0.25) is 0 Å². The van der Waals surface area contributed by atoms with E-state index in [1.54, 1.807) is 13.2 Å². The highest BCUT2D eigenvalue weighted by Crippen LogP contribution is 2.23. The van der Waals surface area contributed by atoms with Gasteiger partial charge in [0.1, 0.15) is 5.82 Å². The second-order valence-corrected chi connectivity index (χ2v) is 5.06. The van der Waals surface area contributed by atoms with E-state index in [4.69, 9.17) is 10.5 Å². The van der Waals surface area contributed by atoms with Crippen LogP contribution in [0.2, 0.25) is 0 Å². The van der Waals surface area contributed by atoms with Gasteiger partial charge >= 0.3 is 0 Å². The first-order valence-corrected chi connectivity index (χ1v) is 6.79. The van der Waals surface area contributed by atoms with Crippen molar-refractivity contribution in [3.05, 3.63) is 29.6 Å². The highest BCUT2D eigenvalue weighted by Gasteiger charge is 2.16. The topological polar surface area (TPSA) is 38.5 Å². The van der Waals surface area contributed by atoms with E-state index in [1.807, 2.05) is 37.8 Å². The Morgan fingerprint density at radius 2 is 2.05 bits per heavy atom. The van der Waals surface area contributed by atoms with Gasteiger partial charge in [0.25, 0.3) is 0 Å². The fraction of sp³-hybridized carbons (Fsp3) is 0.600. The van der Waals surface area contributed by atoms with Crippen LogP contribution in [0.5, 0.6) is 0 Å². The lowest BCUT2D eigenvalue weighted by atomic mass is 10.1. The van der Waals surface area contributed by atoms with Crippen molar-refractivity contribution < 1.29 is 9.13 Å². The van der Waals surface area contributed by atoms with Gasteiger partial charge in [0, 0.05) is 25.7 Å². The number of halogens is 1. The number of ether oxygens (including phenoxy) is 1. The lowest BCUT2D eigenvalue weighted by Crippen LogP contribution is -2.36. The third-order valence-electron chi connectivity index (χ3n) is 3.16. The van der Waals surface area contributed by atoms with E-state index in [1.165, 1.54) is 0 Å². The molecule has 108 valence electrons. The van der Waals surface area contributed by atoms with Crippen LogP contribution < -0.4 is 10.6 Å². The fourth-order valence-corrected chi connectivity index (χ4v) is 2.33. The molecule has 3 nitrogen and oxygen atoms in total. The summed E-state index contributed by atoms with van der Waals surface area (Å²) in [6.07, 6.45) is 0.691. The van der Waals surface area contributed by atoms with Gasteiger partial charge in [-0.25, -0.2) is 4.39 Å². The average Bonchev–Trinajstić information content (AvgIpc) is 2.32. The standard InChI is InChI=1S/C15H25FN2O/c1-5-18(12(3)10-19-4)15-7-6-13(8-11(2)17)9-14(15)16/h6-7,9,11-12H,5,8,10,17H2,1-4H3. The number of benzene rings is 1. The average molecular weight is 268 g/mol. The molecule has 1 aromatic carbocycles. The minimum Gasteiger partial charge on any atom is -0.383 e. The van der Waals surface area contributed by atoms with E-state index in [0.717, 1.165) is 12.1 Å². The summed E-state index contributed by atoms with van der Waals surface area (Å²) in [7, 11) is 1.66. The van der Waals surface area contributed by atoms with Crippen LogP contribution in [-0.2, 0) is 11.2 Å². The third kappa shape index (κ3) is 4.48. The predicted octanol–water partition coefficient (Wildman–Crippen LogP) is 2.58. The molecule has 0 aliphatic rings. The molecular weight excluding hydrogens is 243 g/mol. The molecule has 0 heterocycles. The molecule has 2 unspecified atom stereocenters. The summed E-state index contributed by atoms with van der Waals surface area (Å²) in [6, 6.07) is 5.55. The number of likely N-dealkylation sites (N-methyl/N-ethyl adjacent to an activating group) is 1. The van der Waals surface area contributed by atoms with Crippen LogP contribution in [0.4, 0.5) is 10.1 Å². The second kappa shape index (κ2) is 7.46. The van der Waals surface area contributed by atoms with Gasteiger partial charge in [0.05, 0.1) is 12.3 Å². The Balaban J connectivity index is 2.93. The zero-order valence-corrected chi connectivity index (χ0v) is 12.3. The van der Waals surface area contributed by atoms with Gasteiger partial charge in [0.15, 0.2) is 0 Å². The van der Waals surface area contributed by atoms with Gasteiger partial charge in [-0.05, 0) is 44.9 Å². The third-order valence-corrected chi connectivity index (χ3v) is 3.16. The molecule has 1 aromatic rings. The minimum atomic E-state index is -0.192. The van der Waals surface area contributed by atoms with Crippen LogP contribution in [0.3, 0.4) is 0 Å². The molecular formula is C15H25FN2O. The molecule has 0 saturated carbocycles. The van der Waals surface area contributed by atoms with Crippen molar-refractivity contribution in [2.45, 2.75) is 39.3 Å². The number of nitrogens with two attached hydrogens (primary N) is 1. The monoisotopic (exact) mass is 268 g/mol. The Hall–Kier alpha value is -1.13. The summed E-state index contributed by atoms with van der Waals surface area (Å²) >= 11 is 0. The van der Waals surface area contributed by atoms with Gasteiger partial charge < -0.3 is 15.4 Å². The zero-order valence-electron chi connectivity index (χ0n) is 12.3. The molecule has 0 aliphatic carbocycles. The number of anilines is 1. The van der Waals surface area contributed by atoms with Crippen LogP contribution in [0, 0.1) is 5.82 Å². The van der Waals surface area contributed by atoms with Gasteiger partial charge in [0.2, 0.25) is 0 Å². The molecule has 2 N–H and O–H groups in total. The molecule has 0 bridgehead atoms. The highest BCUT2D eigenvalue weighted by atomic mass is 19.1. The first-order chi connectivity index (χ1) is 8.99. The van der Waals surface area contributed by atoms with Crippen molar-refractivity contribution >= 4 is 5.69 Å². The maximum Gasteiger partial charge on any atom is 0.146 e. The Morgan fingerprint density at radius 3 is 2.53 bits per heavy atom. The summed E-state index contributed by atoms with van der Waals surface area (Å²) in [4.78, 5) is 2.01. The molecule has 2 atom stereocenters. The first-order valence-electron chi connectivity index (χ1n) is 6.79. The number of hydrogen-bond donors (Lipinski definition) is 1. The Kier molecular flexibility index (Phi) is 6.25. The fourth-order valence-electron chi connectivity index (χ4n) is 2.33. The van der Waals surface area contributed by atoms with Crippen LogP contribution in [-0.4, -0.2) is 32.3 Å². The largest absolute Gasteiger partial charge is 0.383 e. The Labute approximate surface area is 115 Å². The molecule has 0 radical (unpaired) electrons. The number of nitrogens with zero attached hydrogens (tertiary/aromatic N) is 1. The molecule has 0 aliphatic heterocycles. The van der Waals surface area contributed by atoms with Gasteiger partial charge in [-0.15, -0.1) is 0 Å². The Morgan fingerprint density at radius 1 is 1.37 bits per heavy atom. The lowest BCUT2D eigenvalue weighted by molar-refractivity contribution is 0.181. The molecule has 0 fully saturated rings. The second-order valence-electron chi connectivity index (χ2n) is 5.06. The summed E-state index contributed by atoms with van der Waals surface area (Å²) in [6.45, 7) is 7.29. The van der Waals surface area contributed by atoms with E-state index < -0.39 is 0 Å². The van der Waals surface area contributed by atoms with Crippen LogP contribution in [0.1, 0.15) is 26.3 Å². The van der Waals surface area contributed by atoms with E-state index in [2.05, 4.69) is 0 Å². The molecule has 1 rings (SSSR count). The smallest absolute Gasteiger partial charge is 0.146 e. The van der Waals surface area contributed by atoms with Crippen LogP contribution in [0.15, 0.2) is 18.2 Å².